The van der Waals surface area contributed by atoms with Gasteiger partial charge >= 0.3 is 0 Å². The van der Waals surface area contributed by atoms with Gasteiger partial charge < -0.3 is 4.57 Å². The molecule has 0 saturated heterocycles. The van der Waals surface area contributed by atoms with Crippen molar-refractivity contribution in [1.29, 1.82) is 0 Å². The Morgan fingerprint density at radius 1 is 1.31 bits per heavy atom. The second kappa shape index (κ2) is 3.72. The fourth-order valence-corrected chi connectivity index (χ4v) is 2.41. The van der Waals surface area contributed by atoms with Crippen LogP contribution in [0.5, 0.6) is 0 Å². The van der Waals surface area contributed by atoms with Gasteiger partial charge in [-0.15, -0.1) is 11.3 Å². The molecular weight excluding hydrogens is 223 g/mol. The predicted octanol–water partition coefficient (Wildman–Crippen LogP) is 3.29. The van der Waals surface area contributed by atoms with Crippen molar-refractivity contribution in [3.63, 3.8) is 0 Å². The van der Waals surface area contributed by atoms with Gasteiger partial charge in [0, 0.05) is 23.2 Å². The van der Waals surface area contributed by atoms with Crippen LogP contribution in [-0.2, 0) is 6.54 Å². The molecular formula is C12H9FN2S. The number of rotatable bonds is 2. The van der Waals surface area contributed by atoms with Crippen LogP contribution >= 0.6 is 11.3 Å². The fourth-order valence-electron chi connectivity index (χ4n) is 1.80. The van der Waals surface area contributed by atoms with E-state index < -0.39 is 0 Å². The van der Waals surface area contributed by atoms with E-state index in [0.29, 0.717) is 11.9 Å². The van der Waals surface area contributed by atoms with Crippen LogP contribution < -0.4 is 0 Å². The summed E-state index contributed by atoms with van der Waals surface area (Å²) in [5.74, 6) is -0.171. The van der Waals surface area contributed by atoms with Gasteiger partial charge in [0.2, 0.25) is 0 Å². The lowest BCUT2D eigenvalue weighted by atomic mass is 10.2. The number of hydrogen-bond acceptors (Lipinski definition) is 2. The highest BCUT2D eigenvalue weighted by Gasteiger charge is 2.06. The molecule has 3 rings (SSSR count). The average molecular weight is 232 g/mol. The van der Waals surface area contributed by atoms with Crippen molar-refractivity contribution < 1.29 is 4.39 Å². The highest BCUT2D eigenvalue weighted by atomic mass is 32.1. The average Bonchev–Trinajstić information content (AvgIpc) is 2.90. The third-order valence-electron chi connectivity index (χ3n) is 2.55. The number of thiazole rings is 1. The van der Waals surface area contributed by atoms with Gasteiger partial charge in [-0.3, -0.25) is 0 Å². The molecule has 0 aliphatic rings. The number of aromatic nitrogens is 2. The number of fused-ring (bicyclic) bond motifs is 1. The SMILES string of the molecule is Fc1cccc2c1ccn2Cc1nccs1. The molecule has 0 amide bonds. The van der Waals surface area contributed by atoms with Crippen molar-refractivity contribution >= 4 is 22.2 Å². The van der Waals surface area contributed by atoms with Crippen LogP contribution in [-0.4, -0.2) is 9.55 Å². The summed E-state index contributed by atoms with van der Waals surface area (Å²) in [5, 5.41) is 3.64. The van der Waals surface area contributed by atoms with Crippen molar-refractivity contribution in [1.82, 2.24) is 9.55 Å². The molecule has 2 nitrogen and oxygen atoms in total. The molecule has 0 radical (unpaired) electrons. The van der Waals surface area contributed by atoms with Crippen LogP contribution in [0, 0.1) is 5.82 Å². The van der Waals surface area contributed by atoms with Gasteiger partial charge in [0.05, 0.1) is 12.1 Å². The standard InChI is InChI=1S/C12H9FN2S/c13-10-2-1-3-11-9(10)4-6-15(11)8-12-14-5-7-16-12/h1-7H,8H2. The summed E-state index contributed by atoms with van der Waals surface area (Å²) in [4.78, 5) is 4.22. The van der Waals surface area contributed by atoms with Crippen LogP contribution in [0.25, 0.3) is 10.9 Å². The van der Waals surface area contributed by atoms with E-state index in [0.717, 1.165) is 10.5 Å². The van der Waals surface area contributed by atoms with Gasteiger partial charge in [0.1, 0.15) is 10.8 Å². The second-order valence-electron chi connectivity index (χ2n) is 3.54. The summed E-state index contributed by atoms with van der Waals surface area (Å²) < 4.78 is 15.5. The van der Waals surface area contributed by atoms with Crippen molar-refractivity contribution in [2.45, 2.75) is 6.54 Å². The molecule has 2 aromatic heterocycles. The van der Waals surface area contributed by atoms with Crippen molar-refractivity contribution in [2.75, 3.05) is 0 Å². The monoisotopic (exact) mass is 232 g/mol. The number of hydrogen-bond donors (Lipinski definition) is 0. The maximum absolute atomic E-state index is 13.5. The summed E-state index contributed by atoms with van der Waals surface area (Å²) in [5.41, 5.74) is 0.912. The summed E-state index contributed by atoms with van der Waals surface area (Å²) in [7, 11) is 0. The molecule has 0 saturated carbocycles. The highest BCUT2D eigenvalue weighted by molar-refractivity contribution is 7.09. The molecule has 0 spiro atoms. The lowest BCUT2D eigenvalue weighted by Gasteiger charge is -2.02. The first-order chi connectivity index (χ1) is 7.84. The zero-order chi connectivity index (χ0) is 11.0. The molecule has 0 aliphatic carbocycles. The van der Waals surface area contributed by atoms with E-state index in [1.54, 1.807) is 29.7 Å². The Bertz CT molecular complexity index is 613. The molecule has 0 N–H and O–H groups in total. The summed E-state index contributed by atoms with van der Waals surface area (Å²) in [6.45, 7) is 0.699. The number of benzene rings is 1. The Hall–Kier alpha value is -1.68. The van der Waals surface area contributed by atoms with Crippen LogP contribution in [0.3, 0.4) is 0 Å². The quantitative estimate of drug-likeness (QED) is 0.663. The lowest BCUT2D eigenvalue weighted by Crippen LogP contribution is -1.96. The smallest absolute Gasteiger partial charge is 0.132 e. The Morgan fingerprint density at radius 3 is 3.06 bits per heavy atom. The summed E-state index contributed by atoms with van der Waals surface area (Å²) >= 11 is 1.61. The molecule has 0 bridgehead atoms. The predicted molar refractivity (Wildman–Crippen MR) is 63.1 cm³/mol. The Labute approximate surface area is 96.0 Å². The fraction of sp³-hybridized carbons (Fsp3) is 0.0833. The van der Waals surface area contributed by atoms with E-state index in [2.05, 4.69) is 4.98 Å². The third kappa shape index (κ3) is 1.51. The van der Waals surface area contributed by atoms with E-state index in [9.17, 15) is 4.39 Å². The molecule has 1 aromatic carbocycles. The first-order valence-electron chi connectivity index (χ1n) is 4.96. The van der Waals surface area contributed by atoms with E-state index in [4.69, 9.17) is 0 Å². The minimum atomic E-state index is -0.171. The normalized spacial score (nSPS) is 11.1. The molecule has 0 fully saturated rings. The minimum absolute atomic E-state index is 0.171. The Kier molecular flexibility index (Phi) is 2.22. The summed E-state index contributed by atoms with van der Waals surface area (Å²) in [6, 6.07) is 6.94. The first-order valence-corrected chi connectivity index (χ1v) is 5.84. The maximum Gasteiger partial charge on any atom is 0.132 e. The molecule has 0 atom stereocenters. The van der Waals surface area contributed by atoms with Crippen molar-refractivity contribution in [2.24, 2.45) is 0 Å². The number of halogens is 1. The van der Waals surface area contributed by atoms with Crippen LogP contribution in [0.15, 0.2) is 42.0 Å². The van der Waals surface area contributed by atoms with E-state index in [-0.39, 0.29) is 5.82 Å². The molecule has 0 unspecified atom stereocenters. The van der Waals surface area contributed by atoms with Gasteiger partial charge in [0.15, 0.2) is 0 Å². The minimum Gasteiger partial charge on any atom is -0.341 e. The summed E-state index contributed by atoms with van der Waals surface area (Å²) in [6.07, 6.45) is 3.68. The van der Waals surface area contributed by atoms with Gasteiger partial charge in [-0.25, -0.2) is 9.37 Å². The Balaban J connectivity index is 2.08. The maximum atomic E-state index is 13.5. The zero-order valence-electron chi connectivity index (χ0n) is 8.43. The van der Waals surface area contributed by atoms with E-state index in [1.807, 2.05) is 22.2 Å². The third-order valence-corrected chi connectivity index (χ3v) is 3.31. The van der Waals surface area contributed by atoms with Gasteiger partial charge in [-0.1, -0.05) is 6.07 Å². The molecule has 4 heteroatoms. The molecule has 2 heterocycles. The Morgan fingerprint density at radius 2 is 2.25 bits per heavy atom. The molecule has 16 heavy (non-hydrogen) atoms. The van der Waals surface area contributed by atoms with Gasteiger partial charge in [-0.2, -0.15) is 0 Å². The van der Waals surface area contributed by atoms with Crippen LogP contribution in [0.2, 0.25) is 0 Å². The lowest BCUT2D eigenvalue weighted by molar-refractivity contribution is 0.639. The van der Waals surface area contributed by atoms with E-state index in [1.165, 1.54) is 6.07 Å². The molecule has 80 valence electrons. The second-order valence-corrected chi connectivity index (χ2v) is 4.52. The largest absolute Gasteiger partial charge is 0.341 e. The van der Waals surface area contributed by atoms with Crippen LogP contribution in [0.1, 0.15) is 5.01 Å². The van der Waals surface area contributed by atoms with Crippen molar-refractivity contribution in [3.8, 4) is 0 Å². The topological polar surface area (TPSA) is 17.8 Å². The van der Waals surface area contributed by atoms with Gasteiger partial charge in [0.25, 0.3) is 0 Å². The molecule has 0 aliphatic heterocycles. The highest BCUT2D eigenvalue weighted by Crippen LogP contribution is 2.20. The van der Waals surface area contributed by atoms with Gasteiger partial charge in [-0.05, 0) is 18.2 Å². The van der Waals surface area contributed by atoms with E-state index >= 15 is 0 Å². The number of nitrogens with zero attached hydrogens (tertiary/aromatic N) is 2. The molecule has 3 aromatic rings. The van der Waals surface area contributed by atoms with Crippen LogP contribution in [0.4, 0.5) is 4.39 Å². The van der Waals surface area contributed by atoms with Crippen molar-refractivity contribution in [3.05, 3.63) is 52.9 Å². The first kappa shape index (κ1) is 9.54. The zero-order valence-corrected chi connectivity index (χ0v) is 9.25.